The van der Waals surface area contributed by atoms with Gasteiger partial charge in [0.1, 0.15) is 5.75 Å². The molecule has 0 unspecified atom stereocenters. The third-order valence-electron chi connectivity index (χ3n) is 3.06. The zero-order valence-corrected chi connectivity index (χ0v) is 13.3. The standard InChI is InChI=1S/C17H16ClNO4/c1-22-15-8-2-12(3-9-15)10-19-16(20)11-23-17(21)13-4-6-14(18)7-5-13/h2-9H,10-11H2,1H3,(H,19,20). The fourth-order valence-corrected chi connectivity index (χ4v) is 1.92. The number of carbonyl (C=O) groups excluding carboxylic acids is 2. The van der Waals surface area contributed by atoms with Gasteiger partial charge in [-0.05, 0) is 42.0 Å². The van der Waals surface area contributed by atoms with Gasteiger partial charge in [-0.2, -0.15) is 0 Å². The molecule has 6 heteroatoms. The molecule has 0 saturated heterocycles. The smallest absolute Gasteiger partial charge is 0.338 e. The molecule has 0 aromatic heterocycles. The summed E-state index contributed by atoms with van der Waals surface area (Å²) in [4.78, 5) is 23.4. The van der Waals surface area contributed by atoms with Gasteiger partial charge in [0, 0.05) is 11.6 Å². The maximum absolute atomic E-state index is 11.7. The fraction of sp³-hybridized carbons (Fsp3) is 0.176. The molecule has 120 valence electrons. The third kappa shape index (κ3) is 5.30. The van der Waals surface area contributed by atoms with Gasteiger partial charge in [-0.3, -0.25) is 4.79 Å². The number of amides is 1. The summed E-state index contributed by atoms with van der Waals surface area (Å²) in [7, 11) is 1.59. The molecule has 2 aromatic rings. The highest BCUT2D eigenvalue weighted by Gasteiger charge is 2.10. The third-order valence-corrected chi connectivity index (χ3v) is 3.31. The van der Waals surface area contributed by atoms with E-state index in [4.69, 9.17) is 21.1 Å². The number of carbonyl (C=O) groups is 2. The topological polar surface area (TPSA) is 64.6 Å². The Morgan fingerprint density at radius 3 is 2.30 bits per heavy atom. The molecule has 2 aromatic carbocycles. The summed E-state index contributed by atoms with van der Waals surface area (Å²) in [5.74, 6) is -0.193. The van der Waals surface area contributed by atoms with Gasteiger partial charge >= 0.3 is 5.97 Å². The van der Waals surface area contributed by atoms with Crippen molar-refractivity contribution in [1.29, 1.82) is 0 Å². The maximum atomic E-state index is 11.7. The summed E-state index contributed by atoms with van der Waals surface area (Å²) in [5, 5.41) is 3.20. The lowest BCUT2D eigenvalue weighted by Crippen LogP contribution is -2.28. The molecule has 0 heterocycles. The van der Waals surface area contributed by atoms with E-state index in [9.17, 15) is 9.59 Å². The molecule has 2 rings (SSSR count). The van der Waals surface area contributed by atoms with Gasteiger partial charge in [0.25, 0.3) is 5.91 Å². The van der Waals surface area contributed by atoms with Crippen LogP contribution in [0.4, 0.5) is 0 Å². The molecule has 5 nitrogen and oxygen atoms in total. The van der Waals surface area contributed by atoms with Crippen molar-refractivity contribution < 1.29 is 19.1 Å². The molecule has 0 atom stereocenters. The van der Waals surface area contributed by atoms with Crippen LogP contribution in [0.15, 0.2) is 48.5 Å². The lowest BCUT2D eigenvalue weighted by atomic mass is 10.2. The number of esters is 1. The first-order valence-corrected chi connectivity index (χ1v) is 7.28. The van der Waals surface area contributed by atoms with E-state index >= 15 is 0 Å². The predicted octanol–water partition coefficient (Wildman–Crippen LogP) is 2.82. The average molecular weight is 334 g/mol. The van der Waals surface area contributed by atoms with E-state index in [-0.39, 0.29) is 12.5 Å². The largest absolute Gasteiger partial charge is 0.497 e. The molecule has 0 aliphatic carbocycles. The normalized spacial score (nSPS) is 10.0. The Kier molecular flexibility index (Phi) is 6.00. The number of methoxy groups -OCH3 is 1. The molecule has 23 heavy (non-hydrogen) atoms. The second kappa shape index (κ2) is 8.19. The zero-order chi connectivity index (χ0) is 16.7. The van der Waals surface area contributed by atoms with Crippen molar-refractivity contribution in [3.63, 3.8) is 0 Å². The highest BCUT2D eigenvalue weighted by molar-refractivity contribution is 6.30. The fourth-order valence-electron chi connectivity index (χ4n) is 1.80. The molecular weight excluding hydrogens is 318 g/mol. The molecule has 0 aliphatic rings. The van der Waals surface area contributed by atoms with E-state index < -0.39 is 5.97 Å². The van der Waals surface area contributed by atoms with Crippen LogP contribution in [-0.4, -0.2) is 25.6 Å². The lowest BCUT2D eigenvalue weighted by molar-refractivity contribution is -0.124. The van der Waals surface area contributed by atoms with Crippen molar-refractivity contribution in [3.8, 4) is 5.75 Å². The van der Waals surface area contributed by atoms with Gasteiger partial charge in [-0.15, -0.1) is 0 Å². The summed E-state index contributed by atoms with van der Waals surface area (Å²) in [5.41, 5.74) is 1.26. The number of hydrogen-bond acceptors (Lipinski definition) is 4. The summed E-state index contributed by atoms with van der Waals surface area (Å²) in [6.07, 6.45) is 0. The number of rotatable bonds is 6. The maximum Gasteiger partial charge on any atom is 0.338 e. The second-order valence-corrected chi connectivity index (χ2v) is 5.14. The van der Waals surface area contributed by atoms with Crippen molar-refractivity contribution in [2.75, 3.05) is 13.7 Å². The summed E-state index contributed by atoms with van der Waals surface area (Å²) in [6.45, 7) is 0.0128. The van der Waals surface area contributed by atoms with E-state index in [0.29, 0.717) is 17.1 Å². The Morgan fingerprint density at radius 1 is 1.04 bits per heavy atom. The van der Waals surface area contributed by atoms with Crippen molar-refractivity contribution in [2.24, 2.45) is 0 Å². The highest BCUT2D eigenvalue weighted by Crippen LogP contribution is 2.11. The molecule has 0 spiro atoms. The monoisotopic (exact) mass is 333 g/mol. The van der Waals surface area contributed by atoms with Crippen molar-refractivity contribution in [3.05, 3.63) is 64.7 Å². The highest BCUT2D eigenvalue weighted by atomic mass is 35.5. The van der Waals surface area contributed by atoms with Crippen LogP contribution in [0.2, 0.25) is 5.02 Å². The molecular formula is C17H16ClNO4. The van der Waals surface area contributed by atoms with E-state index in [1.54, 1.807) is 31.4 Å². The predicted molar refractivity (Wildman–Crippen MR) is 86.6 cm³/mol. The van der Waals surface area contributed by atoms with E-state index in [2.05, 4.69) is 5.32 Å². The molecule has 1 N–H and O–H groups in total. The minimum Gasteiger partial charge on any atom is -0.497 e. The molecule has 0 aliphatic heterocycles. The Labute approximate surface area is 139 Å². The number of hydrogen-bond donors (Lipinski definition) is 1. The van der Waals surface area contributed by atoms with Crippen LogP contribution < -0.4 is 10.1 Å². The van der Waals surface area contributed by atoms with Gasteiger partial charge in [0.2, 0.25) is 0 Å². The summed E-state index contributed by atoms with van der Waals surface area (Å²) < 4.78 is 10.00. The minimum absolute atomic E-state index is 0.336. The first-order chi connectivity index (χ1) is 11.1. The molecule has 0 saturated carbocycles. The van der Waals surface area contributed by atoms with Crippen LogP contribution in [0.25, 0.3) is 0 Å². The number of benzene rings is 2. The van der Waals surface area contributed by atoms with Crippen LogP contribution in [0.3, 0.4) is 0 Å². The first kappa shape index (κ1) is 16.8. The number of ether oxygens (including phenoxy) is 2. The van der Waals surface area contributed by atoms with Gasteiger partial charge in [0.15, 0.2) is 6.61 Å². The van der Waals surface area contributed by atoms with Gasteiger partial charge < -0.3 is 14.8 Å². The summed E-state index contributed by atoms with van der Waals surface area (Å²) in [6, 6.07) is 13.6. The zero-order valence-electron chi connectivity index (χ0n) is 12.5. The number of halogens is 1. The van der Waals surface area contributed by atoms with Crippen molar-refractivity contribution in [1.82, 2.24) is 5.32 Å². The molecule has 0 bridgehead atoms. The minimum atomic E-state index is -0.568. The second-order valence-electron chi connectivity index (χ2n) is 4.71. The van der Waals surface area contributed by atoms with Crippen LogP contribution >= 0.6 is 11.6 Å². The first-order valence-electron chi connectivity index (χ1n) is 6.91. The van der Waals surface area contributed by atoms with Crippen LogP contribution in [0.1, 0.15) is 15.9 Å². The van der Waals surface area contributed by atoms with Crippen LogP contribution in [-0.2, 0) is 16.1 Å². The Morgan fingerprint density at radius 2 is 1.70 bits per heavy atom. The molecule has 1 amide bonds. The molecule has 0 radical (unpaired) electrons. The Balaban J connectivity index is 1.76. The van der Waals surface area contributed by atoms with E-state index in [0.717, 1.165) is 11.3 Å². The van der Waals surface area contributed by atoms with Crippen molar-refractivity contribution >= 4 is 23.5 Å². The SMILES string of the molecule is COc1ccc(CNC(=O)COC(=O)c2ccc(Cl)cc2)cc1. The quantitative estimate of drug-likeness (QED) is 0.826. The van der Waals surface area contributed by atoms with E-state index in [1.807, 2.05) is 24.3 Å². The lowest BCUT2D eigenvalue weighted by Gasteiger charge is -2.07. The Bertz CT molecular complexity index is 668. The van der Waals surface area contributed by atoms with Crippen molar-refractivity contribution in [2.45, 2.75) is 6.54 Å². The van der Waals surface area contributed by atoms with E-state index in [1.165, 1.54) is 0 Å². The van der Waals surface area contributed by atoms with Crippen LogP contribution in [0, 0.1) is 0 Å². The van der Waals surface area contributed by atoms with Gasteiger partial charge in [-0.25, -0.2) is 4.79 Å². The van der Waals surface area contributed by atoms with Crippen LogP contribution in [0.5, 0.6) is 5.75 Å². The summed E-state index contributed by atoms with van der Waals surface area (Å²) >= 11 is 5.74. The number of nitrogens with one attached hydrogen (secondary N) is 1. The Hall–Kier alpha value is -2.53. The van der Waals surface area contributed by atoms with Gasteiger partial charge in [-0.1, -0.05) is 23.7 Å². The molecule has 0 fully saturated rings. The average Bonchev–Trinajstić information content (AvgIpc) is 2.59. The van der Waals surface area contributed by atoms with Gasteiger partial charge in [0.05, 0.1) is 12.7 Å².